The SMILES string of the molecule is CN(C)C(=O)C1(c2cnc(N[C@@H]3CCOC3)c(N3CCC(Oc4ccc(F)cc4F)CC3)n2)CC1. The van der Waals surface area contributed by atoms with Gasteiger partial charge in [-0.25, -0.2) is 18.7 Å². The summed E-state index contributed by atoms with van der Waals surface area (Å²) < 4.78 is 38.6. The molecule has 1 aliphatic carbocycles. The molecule has 2 aliphatic heterocycles. The van der Waals surface area contributed by atoms with Crippen LogP contribution in [0.15, 0.2) is 24.4 Å². The Hall–Kier alpha value is -3.01. The van der Waals surface area contributed by atoms with E-state index in [1.807, 2.05) is 0 Å². The zero-order valence-electron chi connectivity index (χ0n) is 20.1. The number of nitrogens with one attached hydrogen (secondary N) is 1. The molecule has 3 heterocycles. The Labute approximate surface area is 203 Å². The second-order valence-corrected chi connectivity index (χ2v) is 9.79. The Morgan fingerprint density at radius 2 is 2.00 bits per heavy atom. The number of carbonyl (C=O) groups is 1. The van der Waals surface area contributed by atoms with E-state index in [1.54, 1.807) is 25.2 Å². The van der Waals surface area contributed by atoms with Gasteiger partial charge in [0.05, 0.1) is 30.0 Å². The van der Waals surface area contributed by atoms with Crippen LogP contribution in [0.5, 0.6) is 5.75 Å². The molecule has 3 fully saturated rings. The molecule has 1 aromatic heterocycles. The third-order valence-corrected chi connectivity index (χ3v) is 7.01. The molecule has 5 rings (SSSR count). The van der Waals surface area contributed by atoms with Crippen molar-refractivity contribution in [2.75, 3.05) is 50.6 Å². The van der Waals surface area contributed by atoms with E-state index in [4.69, 9.17) is 19.4 Å². The third-order valence-electron chi connectivity index (χ3n) is 7.01. The average molecular weight is 488 g/mol. The first-order valence-corrected chi connectivity index (χ1v) is 12.2. The first-order valence-electron chi connectivity index (χ1n) is 12.2. The molecule has 1 amide bonds. The minimum atomic E-state index is -0.698. The number of benzene rings is 1. The molecule has 0 radical (unpaired) electrons. The standard InChI is InChI=1S/C25H31F2N5O3/c1-31(2)24(33)25(8-9-25)21-14-28-22(29-17-7-12-34-15-17)23(30-21)32-10-5-18(6-11-32)35-20-4-3-16(26)13-19(20)27/h3-4,13-14,17-18H,5-12,15H2,1-2H3,(H,28,29)/t17-/m1/s1. The van der Waals surface area contributed by atoms with E-state index in [1.165, 1.54) is 12.1 Å². The molecule has 1 aromatic carbocycles. The highest BCUT2D eigenvalue weighted by molar-refractivity contribution is 5.90. The van der Waals surface area contributed by atoms with E-state index in [2.05, 4.69) is 10.2 Å². The Bertz CT molecular complexity index is 1080. The van der Waals surface area contributed by atoms with Crippen LogP contribution in [0.4, 0.5) is 20.4 Å². The van der Waals surface area contributed by atoms with Gasteiger partial charge in [-0.05, 0) is 31.4 Å². The van der Waals surface area contributed by atoms with Crippen LogP contribution in [0.1, 0.15) is 37.8 Å². The maximum atomic E-state index is 14.0. The first kappa shape index (κ1) is 23.7. The van der Waals surface area contributed by atoms with E-state index in [-0.39, 0.29) is 23.8 Å². The predicted molar refractivity (Wildman–Crippen MR) is 127 cm³/mol. The molecule has 1 atom stereocenters. The van der Waals surface area contributed by atoms with Gasteiger partial charge < -0.3 is 24.6 Å². The summed E-state index contributed by atoms with van der Waals surface area (Å²) in [5, 5.41) is 3.47. The number of piperidine rings is 1. The largest absolute Gasteiger partial charge is 0.487 e. The summed E-state index contributed by atoms with van der Waals surface area (Å²) >= 11 is 0. The smallest absolute Gasteiger partial charge is 0.234 e. The third kappa shape index (κ3) is 4.89. The Kier molecular flexibility index (Phi) is 6.48. The van der Waals surface area contributed by atoms with E-state index in [0.29, 0.717) is 50.7 Å². The van der Waals surface area contributed by atoms with Gasteiger partial charge in [-0.3, -0.25) is 4.79 Å². The molecule has 1 saturated carbocycles. The van der Waals surface area contributed by atoms with Gasteiger partial charge in [-0.15, -0.1) is 0 Å². The Morgan fingerprint density at radius 1 is 1.23 bits per heavy atom. The molecular weight excluding hydrogens is 456 g/mol. The van der Waals surface area contributed by atoms with E-state index < -0.39 is 17.0 Å². The Morgan fingerprint density at radius 3 is 2.63 bits per heavy atom. The van der Waals surface area contributed by atoms with Gasteiger partial charge in [0.1, 0.15) is 11.9 Å². The minimum absolute atomic E-state index is 0.0519. The summed E-state index contributed by atoms with van der Waals surface area (Å²) in [6.07, 6.45) is 5.26. The van der Waals surface area contributed by atoms with Gasteiger partial charge in [0.2, 0.25) is 5.91 Å². The second kappa shape index (κ2) is 9.56. The zero-order valence-corrected chi connectivity index (χ0v) is 20.1. The van der Waals surface area contributed by atoms with Crippen molar-refractivity contribution in [3.8, 4) is 5.75 Å². The van der Waals surface area contributed by atoms with E-state index in [0.717, 1.165) is 31.1 Å². The van der Waals surface area contributed by atoms with Crippen LogP contribution in [-0.4, -0.2) is 73.3 Å². The summed E-state index contributed by atoms with van der Waals surface area (Å²) in [6.45, 7) is 2.60. The highest BCUT2D eigenvalue weighted by atomic mass is 19.1. The number of hydrogen-bond donors (Lipinski definition) is 1. The van der Waals surface area contributed by atoms with Gasteiger partial charge in [0.15, 0.2) is 23.2 Å². The average Bonchev–Trinajstić information content (AvgIpc) is 3.50. The fraction of sp³-hybridized carbons (Fsp3) is 0.560. The molecule has 8 nitrogen and oxygen atoms in total. The molecule has 10 heteroatoms. The highest BCUT2D eigenvalue weighted by Crippen LogP contribution is 2.49. The molecule has 2 aromatic rings. The molecular formula is C25H31F2N5O3. The number of ether oxygens (including phenoxy) is 2. The monoisotopic (exact) mass is 487 g/mol. The number of rotatable bonds is 7. The fourth-order valence-electron chi connectivity index (χ4n) is 4.84. The van der Waals surface area contributed by atoms with Gasteiger partial charge in [0, 0.05) is 52.7 Å². The Balaban J connectivity index is 1.34. The maximum Gasteiger partial charge on any atom is 0.234 e. The van der Waals surface area contributed by atoms with Crippen LogP contribution in [0.3, 0.4) is 0 Å². The zero-order chi connectivity index (χ0) is 24.6. The second-order valence-electron chi connectivity index (χ2n) is 9.79. The summed E-state index contributed by atoms with van der Waals surface area (Å²) in [7, 11) is 3.53. The molecule has 1 N–H and O–H groups in total. The number of anilines is 2. The van der Waals surface area contributed by atoms with Gasteiger partial charge in [-0.1, -0.05) is 0 Å². The van der Waals surface area contributed by atoms with Crippen molar-refractivity contribution < 1.29 is 23.0 Å². The van der Waals surface area contributed by atoms with Crippen molar-refractivity contribution in [1.29, 1.82) is 0 Å². The number of nitrogens with zero attached hydrogens (tertiary/aromatic N) is 4. The van der Waals surface area contributed by atoms with Crippen molar-refractivity contribution in [3.63, 3.8) is 0 Å². The number of likely N-dealkylation sites (N-methyl/N-ethyl adjacent to an activating group) is 1. The highest BCUT2D eigenvalue weighted by Gasteiger charge is 2.54. The number of aromatic nitrogens is 2. The van der Waals surface area contributed by atoms with Crippen LogP contribution in [0, 0.1) is 11.6 Å². The lowest BCUT2D eigenvalue weighted by molar-refractivity contribution is -0.131. The molecule has 0 bridgehead atoms. The molecule has 3 aliphatic rings. The van der Waals surface area contributed by atoms with Crippen molar-refractivity contribution in [1.82, 2.24) is 14.9 Å². The normalized spacial score (nSPS) is 21.6. The minimum Gasteiger partial charge on any atom is -0.487 e. The summed E-state index contributed by atoms with van der Waals surface area (Å²) in [5.74, 6) is 0.192. The van der Waals surface area contributed by atoms with Gasteiger partial charge in [0.25, 0.3) is 0 Å². The van der Waals surface area contributed by atoms with Crippen molar-refractivity contribution >= 4 is 17.5 Å². The number of halogens is 2. The van der Waals surface area contributed by atoms with Gasteiger partial charge in [-0.2, -0.15) is 0 Å². The van der Waals surface area contributed by atoms with E-state index >= 15 is 0 Å². The molecule has 2 saturated heterocycles. The number of carbonyl (C=O) groups excluding carboxylic acids is 1. The first-order chi connectivity index (χ1) is 16.9. The van der Waals surface area contributed by atoms with Crippen LogP contribution < -0.4 is 15.0 Å². The lowest BCUT2D eigenvalue weighted by Gasteiger charge is -2.34. The van der Waals surface area contributed by atoms with Crippen LogP contribution in [0.2, 0.25) is 0 Å². The van der Waals surface area contributed by atoms with Crippen molar-refractivity contribution in [3.05, 3.63) is 41.7 Å². The number of hydrogen-bond acceptors (Lipinski definition) is 7. The summed E-state index contributed by atoms with van der Waals surface area (Å²) in [5.41, 5.74) is 0.105. The van der Waals surface area contributed by atoms with Crippen molar-refractivity contribution in [2.45, 2.75) is 49.7 Å². The maximum absolute atomic E-state index is 14.0. The summed E-state index contributed by atoms with van der Waals surface area (Å²) in [4.78, 5) is 26.3. The van der Waals surface area contributed by atoms with Crippen LogP contribution in [-0.2, 0) is 14.9 Å². The molecule has 0 spiro atoms. The fourth-order valence-corrected chi connectivity index (χ4v) is 4.84. The topological polar surface area (TPSA) is 79.8 Å². The summed E-state index contributed by atoms with van der Waals surface area (Å²) in [6, 6.07) is 3.52. The predicted octanol–water partition coefficient (Wildman–Crippen LogP) is 3.12. The lowest BCUT2D eigenvalue weighted by Crippen LogP contribution is -2.40. The molecule has 35 heavy (non-hydrogen) atoms. The molecule has 0 unspecified atom stereocenters. The van der Waals surface area contributed by atoms with E-state index in [9.17, 15) is 13.6 Å². The molecule has 188 valence electrons. The quantitative estimate of drug-likeness (QED) is 0.643. The lowest BCUT2D eigenvalue weighted by atomic mass is 10.0. The van der Waals surface area contributed by atoms with Crippen LogP contribution in [0.25, 0.3) is 0 Å². The van der Waals surface area contributed by atoms with Crippen LogP contribution >= 0.6 is 0 Å². The van der Waals surface area contributed by atoms with Crippen molar-refractivity contribution in [2.24, 2.45) is 0 Å². The van der Waals surface area contributed by atoms with Gasteiger partial charge >= 0.3 is 0 Å². The number of amides is 1.